The number of hydrogen-bond acceptors (Lipinski definition) is 3. The van der Waals surface area contributed by atoms with Crippen LogP contribution in [0.15, 0.2) is 48.8 Å². The number of rotatable bonds is 5. The highest BCUT2D eigenvalue weighted by molar-refractivity contribution is 5.97. The molecule has 0 radical (unpaired) electrons. The Morgan fingerprint density at radius 2 is 1.86 bits per heavy atom. The second-order valence-corrected chi connectivity index (χ2v) is 4.79. The summed E-state index contributed by atoms with van der Waals surface area (Å²) in [6.07, 6.45) is 3.42. The van der Waals surface area contributed by atoms with Gasteiger partial charge in [-0.25, -0.2) is 0 Å². The highest BCUT2D eigenvalue weighted by Gasteiger charge is 2.20. The van der Waals surface area contributed by atoms with Gasteiger partial charge in [0.15, 0.2) is 0 Å². The quantitative estimate of drug-likeness (QED) is 0.865. The maximum atomic E-state index is 12.1. The molecule has 5 nitrogen and oxygen atoms in total. The molecule has 1 heterocycles. The van der Waals surface area contributed by atoms with Gasteiger partial charge in [-0.3, -0.25) is 14.6 Å². The van der Waals surface area contributed by atoms with Crippen molar-refractivity contribution >= 4 is 11.8 Å². The minimum atomic E-state index is -0.744. The van der Waals surface area contributed by atoms with Crippen molar-refractivity contribution in [3.63, 3.8) is 0 Å². The number of hydrogen-bond donors (Lipinski definition) is 2. The van der Waals surface area contributed by atoms with Crippen LogP contribution in [0.25, 0.3) is 0 Å². The van der Waals surface area contributed by atoms with Crippen molar-refractivity contribution in [2.45, 2.75) is 19.4 Å². The van der Waals surface area contributed by atoms with Crippen LogP contribution in [0.3, 0.4) is 0 Å². The van der Waals surface area contributed by atoms with Gasteiger partial charge in [0, 0.05) is 24.4 Å². The zero-order valence-electron chi connectivity index (χ0n) is 11.7. The second-order valence-electron chi connectivity index (χ2n) is 4.79. The number of nitrogens with one attached hydrogen (secondary N) is 1. The maximum Gasteiger partial charge on any atom is 0.252 e. The predicted molar refractivity (Wildman–Crippen MR) is 79.6 cm³/mol. The third kappa shape index (κ3) is 3.89. The van der Waals surface area contributed by atoms with Crippen LogP contribution < -0.4 is 11.1 Å². The van der Waals surface area contributed by atoms with E-state index in [1.54, 1.807) is 12.1 Å². The molecule has 2 aromatic rings. The van der Waals surface area contributed by atoms with Gasteiger partial charge in [0.25, 0.3) is 5.91 Å². The molecule has 2 amide bonds. The van der Waals surface area contributed by atoms with E-state index >= 15 is 0 Å². The second kappa shape index (κ2) is 6.65. The lowest BCUT2D eigenvalue weighted by Crippen LogP contribution is -2.46. The summed E-state index contributed by atoms with van der Waals surface area (Å²) in [5.41, 5.74) is 7.88. The van der Waals surface area contributed by atoms with Crippen molar-refractivity contribution in [3.8, 4) is 0 Å². The van der Waals surface area contributed by atoms with E-state index in [2.05, 4.69) is 10.3 Å². The standard InChI is InChI=1S/C16H17N3O2/c1-11-4-2-3-5-13(11)10-14(15(17)20)19-16(21)12-6-8-18-9-7-12/h2-9,14H,10H2,1H3,(H2,17,20)(H,19,21)/t14-/m1/s1. The van der Waals surface area contributed by atoms with Gasteiger partial charge in [-0.15, -0.1) is 0 Å². The van der Waals surface area contributed by atoms with Crippen molar-refractivity contribution in [2.75, 3.05) is 0 Å². The van der Waals surface area contributed by atoms with Gasteiger partial charge in [-0.2, -0.15) is 0 Å². The highest BCUT2D eigenvalue weighted by Crippen LogP contribution is 2.10. The maximum absolute atomic E-state index is 12.1. The molecule has 0 aliphatic rings. The number of benzene rings is 1. The number of primary amides is 1. The molecule has 1 atom stereocenters. The van der Waals surface area contributed by atoms with Crippen molar-refractivity contribution in [1.29, 1.82) is 0 Å². The summed E-state index contributed by atoms with van der Waals surface area (Å²) in [6.45, 7) is 1.96. The largest absolute Gasteiger partial charge is 0.368 e. The molecule has 108 valence electrons. The molecule has 21 heavy (non-hydrogen) atoms. The van der Waals surface area contributed by atoms with Gasteiger partial charge in [0.05, 0.1) is 0 Å². The number of carbonyl (C=O) groups is 2. The number of nitrogens with two attached hydrogens (primary N) is 1. The van der Waals surface area contributed by atoms with Gasteiger partial charge in [-0.1, -0.05) is 24.3 Å². The van der Waals surface area contributed by atoms with Gasteiger partial charge in [0.1, 0.15) is 6.04 Å². The van der Waals surface area contributed by atoms with E-state index in [1.165, 1.54) is 12.4 Å². The van der Waals surface area contributed by atoms with Gasteiger partial charge in [-0.05, 0) is 30.2 Å². The summed E-state index contributed by atoms with van der Waals surface area (Å²) < 4.78 is 0. The first-order chi connectivity index (χ1) is 10.1. The summed E-state index contributed by atoms with van der Waals surface area (Å²) in [4.78, 5) is 27.5. The van der Waals surface area contributed by atoms with E-state index in [4.69, 9.17) is 5.73 Å². The topological polar surface area (TPSA) is 85.1 Å². The van der Waals surface area contributed by atoms with Crippen molar-refractivity contribution in [1.82, 2.24) is 10.3 Å². The molecular weight excluding hydrogens is 266 g/mol. The van der Waals surface area contributed by atoms with E-state index < -0.39 is 11.9 Å². The first-order valence-corrected chi connectivity index (χ1v) is 6.62. The SMILES string of the molecule is Cc1ccccc1C[C@@H](NC(=O)c1ccncc1)C(N)=O. The number of amides is 2. The fourth-order valence-electron chi connectivity index (χ4n) is 2.03. The zero-order chi connectivity index (χ0) is 15.2. The third-order valence-electron chi connectivity index (χ3n) is 3.28. The van der Waals surface area contributed by atoms with E-state index in [9.17, 15) is 9.59 Å². The minimum Gasteiger partial charge on any atom is -0.368 e. The Hall–Kier alpha value is -2.69. The number of aryl methyl sites for hydroxylation is 1. The normalized spacial score (nSPS) is 11.7. The lowest BCUT2D eigenvalue weighted by Gasteiger charge is -2.16. The molecular formula is C16H17N3O2. The van der Waals surface area contributed by atoms with E-state index in [0.29, 0.717) is 12.0 Å². The smallest absolute Gasteiger partial charge is 0.252 e. The molecule has 0 bridgehead atoms. The molecule has 3 N–H and O–H groups in total. The highest BCUT2D eigenvalue weighted by atomic mass is 16.2. The minimum absolute atomic E-state index is 0.338. The molecule has 0 aliphatic heterocycles. The van der Waals surface area contributed by atoms with Crippen LogP contribution in [0.1, 0.15) is 21.5 Å². The Balaban J connectivity index is 2.12. The Bertz CT molecular complexity index is 641. The van der Waals surface area contributed by atoms with E-state index in [-0.39, 0.29) is 5.91 Å². The molecule has 5 heteroatoms. The van der Waals surface area contributed by atoms with Crippen molar-refractivity contribution < 1.29 is 9.59 Å². The molecule has 1 aromatic carbocycles. The zero-order valence-corrected chi connectivity index (χ0v) is 11.7. The molecule has 0 saturated heterocycles. The summed E-state index contributed by atoms with van der Waals surface area (Å²) >= 11 is 0. The number of carbonyl (C=O) groups excluding carboxylic acids is 2. The fraction of sp³-hybridized carbons (Fsp3) is 0.188. The number of pyridine rings is 1. The Labute approximate surface area is 123 Å². The Morgan fingerprint density at radius 1 is 1.19 bits per heavy atom. The average Bonchev–Trinajstić information content (AvgIpc) is 2.49. The van der Waals surface area contributed by atoms with Crippen LogP contribution >= 0.6 is 0 Å². The van der Waals surface area contributed by atoms with Crippen LogP contribution in [-0.4, -0.2) is 22.8 Å². The molecule has 0 unspecified atom stereocenters. The summed E-state index contributed by atoms with van der Waals surface area (Å²) in [5, 5.41) is 2.67. The lowest BCUT2D eigenvalue weighted by molar-refractivity contribution is -0.119. The van der Waals surface area contributed by atoms with Crippen LogP contribution in [0, 0.1) is 6.92 Å². The van der Waals surface area contributed by atoms with Crippen molar-refractivity contribution in [3.05, 3.63) is 65.5 Å². The summed E-state index contributed by atoms with van der Waals surface area (Å²) in [6, 6.07) is 10.1. The molecule has 0 aliphatic carbocycles. The monoisotopic (exact) mass is 283 g/mol. The van der Waals surface area contributed by atoms with Crippen LogP contribution in [-0.2, 0) is 11.2 Å². The lowest BCUT2D eigenvalue weighted by atomic mass is 10.0. The molecule has 0 saturated carbocycles. The van der Waals surface area contributed by atoms with Gasteiger partial charge < -0.3 is 11.1 Å². The molecule has 0 spiro atoms. The van der Waals surface area contributed by atoms with Crippen LogP contribution in [0.4, 0.5) is 0 Å². The average molecular weight is 283 g/mol. The number of aromatic nitrogens is 1. The van der Waals surface area contributed by atoms with Gasteiger partial charge in [0.2, 0.25) is 5.91 Å². The fourth-order valence-corrected chi connectivity index (χ4v) is 2.03. The molecule has 1 aromatic heterocycles. The summed E-state index contributed by atoms with van der Waals surface area (Å²) in [7, 11) is 0. The molecule has 2 rings (SSSR count). The molecule has 0 fully saturated rings. The van der Waals surface area contributed by atoms with Crippen molar-refractivity contribution in [2.24, 2.45) is 5.73 Å². The van der Waals surface area contributed by atoms with Crippen LogP contribution in [0.5, 0.6) is 0 Å². The first kappa shape index (κ1) is 14.7. The van der Waals surface area contributed by atoms with Crippen LogP contribution in [0.2, 0.25) is 0 Å². The Kier molecular flexibility index (Phi) is 4.66. The summed E-state index contributed by atoms with van der Waals surface area (Å²) in [5.74, 6) is -0.893. The Morgan fingerprint density at radius 3 is 2.48 bits per heavy atom. The van der Waals surface area contributed by atoms with E-state index in [0.717, 1.165) is 11.1 Å². The van der Waals surface area contributed by atoms with E-state index in [1.807, 2.05) is 31.2 Å². The van der Waals surface area contributed by atoms with Gasteiger partial charge >= 0.3 is 0 Å². The number of nitrogens with zero attached hydrogens (tertiary/aromatic N) is 1. The predicted octanol–water partition coefficient (Wildman–Crippen LogP) is 1.22. The first-order valence-electron chi connectivity index (χ1n) is 6.62. The third-order valence-corrected chi connectivity index (χ3v) is 3.28.